The molecule has 4 N–H and O–H groups in total. The molecule has 0 saturated heterocycles. The van der Waals surface area contributed by atoms with E-state index < -0.39 is 24.1 Å². The zero-order valence-electron chi connectivity index (χ0n) is 8.31. The molecule has 0 unspecified atom stereocenters. The fourth-order valence-corrected chi connectivity index (χ4v) is 0.765. The number of nitrogens with one attached hydrogen (secondary N) is 2. The van der Waals surface area contributed by atoms with E-state index >= 15 is 0 Å². The maximum atomic E-state index is 11.0. The number of nitrogens with zero attached hydrogens (tertiary/aromatic N) is 1. The summed E-state index contributed by atoms with van der Waals surface area (Å²) in [5.41, 5.74) is 2.29. The monoisotopic (exact) mass is 205 g/mol. The van der Waals surface area contributed by atoms with Crippen molar-refractivity contribution in [2.75, 3.05) is 14.1 Å². The molecule has 0 fully saturated rings. The first-order chi connectivity index (χ1) is 6.34. The molecule has 0 aromatic carbocycles. The van der Waals surface area contributed by atoms with Crippen LogP contribution in [0.15, 0.2) is 0 Å². The van der Waals surface area contributed by atoms with Crippen LogP contribution in [0.1, 0.15) is 6.92 Å². The van der Waals surface area contributed by atoms with Gasteiger partial charge < -0.3 is 15.5 Å². The average Bonchev–Trinajstić information content (AvgIpc) is 1.97. The smallest absolute Gasteiger partial charge is 0.330 e. The highest BCUT2D eigenvalue weighted by Gasteiger charge is 2.24. The predicted octanol–water partition coefficient (Wildman–Crippen LogP) is -1.40. The van der Waals surface area contributed by atoms with Crippen molar-refractivity contribution in [3.8, 4) is 0 Å². The molecule has 0 aromatic heterocycles. The Bertz CT molecular complexity index is 217. The molecule has 2 atom stereocenters. The third-order valence-electron chi connectivity index (χ3n) is 1.36. The molecule has 7 heteroatoms. The van der Waals surface area contributed by atoms with Gasteiger partial charge in [-0.3, -0.25) is 5.43 Å². The van der Waals surface area contributed by atoms with Gasteiger partial charge in [0.05, 0.1) is 6.10 Å². The number of carbonyl (C=O) groups is 2. The predicted molar refractivity (Wildman–Crippen MR) is 48.5 cm³/mol. The highest BCUT2D eigenvalue weighted by molar-refractivity contribution is 5.82. The van der Waals surface area contributed by atoms with E-state index in [1.165, 1.54) is 11.9 Å². The van der Waals surface area contributed by atoms with Crippen LogP contribution in [-0.4, -0.2) is 53.5 Å². The van der Waals surface area contributed by atoms with Gasteiger partial charge in [-0.2, -0.15) is 0 Å². The number of aliphatic hydroxyl groups is 1. The first-order valence-electron chi connectivity index (χ1n) is 4.00. The number of carboxylic acids is 1. The summed E-state index contributed by atoms with van der Waals surface area (Å²) < 4.78 is 0. The van der Waals surface area contributed by atoms with Crippen LogP contribution in [0.4, 0.5) is 4.79 Å². The Balaban J connectivity index is 4.17. The SMILES string of the molecule is C[C@@H](O)[C@H](NC(=O)NN(C)C)C(=O)O. The number of hydrazine groups is 1. The maximum absolute atomic E-state index is 11.0. The zero-order chi connectivity index (χ0) is 11.3. The Morgan fingerprint density at radius 3 is 2.14 bits per heavy atom. The molecule has 0 heterocycles. The minimum Gasteiger partial charge on any atom is -0.480 e. The van der Waals surface area contributed by atoms with E-state index in [4.69, 9.17) is 10.2 Å². The summed E-state index contributed by atoms with van der Waals surface area (Å²) in [6.07, 6.45) is -1.15. The Hall–Kier alpha value is -1.34. The van der Waals surface area contributed by atoms with Gasteiger partial charge in [0, 0.05) is 14.1 Å². The first kappa shape index (κ1) is 12.7. The Kier molecular flexibility index (Phi) is 4.89. The maximum Gasteiger partial charge on any atom is 0.330 e. The highest BCUT2D eigenvalue weighted by Crippen LogP contribution is 1.92. The van der Waals surface area contributed by atoms with Crippen LogP contribution in [-0.2, 0) is 4.79 Å². The van der Waals surface area contributed by atoms with Crippen LogP contribution in [0.25, 0.3) is 0 Å². The molecule has 14 heavy (non-hydrogen) atoms. The second kappa shape index (κ2) is 5.40. The second-order valence-corrected chi connectivity index (χ2v) is 3.04. The summed E-state index contributed by atoms with van der Waals surface area (Å²) in [7, 11) is 3.16. The fourth-order valence-electron chi connectivity index (χ4n) is 0.765. The standard InChI is InChI=1S/C7H15N3O4/c1-4(11)5(6(12)13)8-7(14)9-10(2)3/h4-5,11H,1-3H3,(H,12,13)(H2,8,9,14)/t4-,5+/m1/s1. The van der Waals surface area contributed by atoms with Gasteiger partial charge in [0.2, 0.25) is 0 Å². The number of hydrogen-bond donors (Lipinski definition) is 4. The molecule has 0 rings (SSSR count). The quantitative estimate of drug-likeness (QED) is 0.423. The number of carboxylic acid groups (broad SMARTS) is 1. The van der Waals surface area contributed by atoms with Gasteiger partial charge in [0.25, 0.3) is 0 Å². The first-order valence-corrected chi connectivity index (χ1v) is 4.00. The second-order valence-electron chi connectivity index (χ2n) is 3.04. The van der Waals surface area contributed by atoms with Crippen molar-refractivity contribution >= 4 is 12.0 Å². The third-order valence-corrected chi connectivity index (χ3v) is 1.36. The number of aliphatic carboxylic acids is 1. The Morgan fingerprint density at radius 1 is 1.36 bits per heavy atom. The lowest BCUT2D eigenvalue weighted by molar-refractivity contribution is -0.141. The molecular formula is C7H15N3O4. The third kappa shape index (κ3) is 4.63. The molecule has 0 bridgehead atoms. The van der Waals surface area contributed by atoms with Gasteiger partial charge in [-0.1, -0.05) is 0 Å². The van der Waals surface area contributed by atoms with Crippen LogP contribution in [0.2, 0.25) is 0 Å². The van der Waals surface area contributed by atoms with Gasteiger partial charge >= 0.3 is 12.0 Å². The van der Waals surface area contributed by atoms with Gasteiger partial charge in [0.1, 0.15) is 0 Å². The number of amides is 2. The van der Waals surface area contributed by atoms with E-state index in [0.717, 1.165) is 0 Å². The van der Waals surface area contributed by atoms with E-state index in [9.17, 15) is 9.59 Å². The highest BCUT2D eigenvalue weighted by atomic mass is 16.4. The summed E-state index contributed by atoms with van der Waals surface area (Å²) in [6.45, 7) is 1.29. The van der Waals surface area contributed by atoms with Crippen molar-refractivity contribution in [3.63, 3.8) is 0 Å². The molecule has 0 radical (unpaired) electrons. The number of hydrogen-bond acceptors (Lipinski definition) is 4. The van der Waals surface area contributed by atoms with Gasteiger partial charge in [0.15, 0.2) is 6.04 Å². The summed E-state index contributed by atoms with van der Waals surface area (Å²) in [5, 5.41) is 21.1. The topological polar surface area (TPSA) is 102 Å². The molecule has 0 aromatic rings. The average molecular weight is 205 g/mol. The van der Waals surface area contributed by atoms with Gasteiger partial charge in [-0.15, -0.1) is 0 Å². The number of carbonyl (C=O) groups excluding carboxylic acids is 1. The van der Waals surface area contributed by atoms with Crippen molar-refractivity contribution < 1.29 is 19.8 Å². The van der Waals surface area contributed by atoms with Crippen molar-refractivity contribution in [2.45, 2.75) is 19.1 Å². The van der Waals surface area contributed by atoms with Crippen LogP contribution < -0.4 is 10.7 Å². The summed E-state index contributed by atoms with van der Waals surface area (Å²) in [6, 6.07) is -1.99. The van der Waals surface area contributed by atoms with Gasteiger partial charge in [-0.25, -0.2) is 14.6 Å². The normalized spacial score (nSPS) is 14.6. The lowest BCUT2D eigenvalue weighted by atomic mass is 10.2. The van der Waals surface area contributed by atoms with Crippen LogP contribution in [0.5, 0.6) is 0 Å². The summed E-state index contributed by atoms with van der Waals surface area (Å²) in [4.78, 5) is 21.6. The molecular weight excluding hydrogens is 190 g/mol. The van der Waals surface area contributed by atoms with Crippen LogP contribution >= 0.6 is 0 Å². The fraction of sp³-hybridized carbons (Fsp3) is 0.714. The Morgan fingerprint density at radius 2 is 1.86 bits per heavy atom. The summed E-state index contributed by atoms with van der Waals surface area (Å²) >= 11 is 0. The molecule has 0 spiro atoms. The lowest BCUT2D eigenvalue weighted by Crippen LogP contribution is -2.53. The number of rotatable bonds is 4. The molecule has 0 aliphatic carbocycles. The minimum atomic E-state index is -1.31. The summed E-state index contributed by atoms with van der Waals surface area (Å²) in [5.74, 6) is -1.28. The van der Waals surface area contributed by atoms with E-state index in [1.54, 1.807) is 14.1 Å². The van der Waals surface area contributed by atoms with Gasteiger partial charge in [-0.05, 0) is 6.92 Å². The van der Waals surface area contributed by atoms with E-state index in [2.05, 4.69) is 10.7 Å². The largest absolute Gasteiger partial charge is 0.480 e. The van der Waals surface area contributed by atoms with Crippen molar-refractivity contribution in [1.29, 1.82) is 0 Å². The number of aliphatic hydroxyl groups excluding tert-OH is 1. The van der Waals surface area contributed by atoms with Crippen molar-refractivity contribution in [2.24, 2.45) is 0 Å². The van der Waals surface area contributed by atoms with E-state index in [-0.39, 0.29) is 0 Å². The van der Waals surface area contributed by atoms with Crippen LogP contribution in [0, 0.1) is 0 Å². The molecule has 0 aliphatic rings. The molecule has 0 saturated carbocycles. The minimum absolute atomic E-state index is 0.677. The molecule has 0 aliphatic heterocycles. The van der Waals surface area contributed by atoms with Crippen LogP contribution in [0.3, 0.4) is 0 Å². The number of urea groups is 1. The van der Waals surface area contributed by atoms with Crippen molar-refractivity contribution in [1.82, 2.24) is 15.8 Å². The molecule has 2 amide bonds. The molecule has 7 nitrogen and oxygen atoms in total. The van der Waals surface area contributed by atoms with E-state index in [0.29, 0.717) is 0 Å². The van der Waals surface area contributed by atoms with Crippen molar-refractivity contribution in [3.05, 3.63) is 0 Å². The zero-order valence-corrected chi connectivity index (χ0v) is 8.31. The lowest BCUT2D eigenvalue weighted by Gasteiger charge is -2.19. The molecule has 82 valence electrons. The van der Waals surface area contributed by atoms with E-state index in [1.807, 2.05) is 0 Å². The Labute approximate surface area is 81.7 Å².